The highest BCUT2D eigenvalue weighted by molar-refractivity contribution is 7.89. The number of ether oxygens (including phenoxy) is 1. The van der Waals surface area contributed by atoms with Gasteiger partial charge in [-0.15, -0.1) is 0 Å². The van der Waals surface area contributed by atoms with E-state index in [9.17, 15) is 26.7 Å². The summed E-state index contributed by atoms with van der Waals surface area (Å²) in [5.74, 6) is -0.691. The van der Waals surface area contributed by atoms with Gasteiger partial charge < -0.3 is 9.84 Å². The first-order chi connectivity index (χ1) is 14.2. The van der Waals surface area contributed by atoms with Crippen LogP contribution in [0.4, 0.5) is 13.2 Å². The summed E-state index contributed by atoms with van der Waals surface area (Å²) in [5, 5.41) is 10.1. The predicted molar refractivity (Wildman–Crippen MR) is 105 cm³/mol. The average molecular weight is 465 g/mol. The van der Waals surface area contributed by atoms with Gasteiger partial charge in [0.25, 0.3) is 0 Å². The summed E-state index contributed by atoms with van der Waals surface area (Å²) in [6.07, 6.45) is -0.871. The molecule has 2 aromatic carbocycles. The van der Waals surface area contributed by atoms with Gasteiger partial charge >= 0.3 is 6.61 Å². The molecule has 0 spiro atoms. The number of hydrogen-bond donors (Lipinski definition) is 1. The largest absolute Gasteiger partial charge is 0.435 e. The number of β-amino-alcohol motifs (C(OH)–C–C–N with tert-alkyl or cyclic N) is 1. The quantitative estimate of drug-likeness (QED) is 0.682. The standard InChI is InChI=1S/C19H20ClF3N2O4S/c20-16-11-15(5-6-17(16)21)30(27,28)25-9-7-24(8-10-25)12-18(26)13-1-3-14(4-2-13)29-19(22)23/h1-6,11,18-19,26H,7-10,12H2. The molecule has 164 valence electrons. The summed E-state index contributed by atoms with van der Waals surface area (Å²) in [4.78, 5) is 1.83. The fourth-order valence-corrected chi connectivity index (χ4v) is 4.85. The first-order valence-corrected chi connectivity index (χ1v) is 10.9. The fraction of sp³-hybridized carbons (Fsp3) is 0.368. The monoisotopic (exact) mass is 464 g/mol. The van der Waals surface area contributed by atoms with Gasteiger partial charge in [-0.25, -0.2) is 12.8 Å². The highest BCUT2D eigenvalue weighted by Crippen LogP contribution is 2.24. The molecule has 0 aliphatic carbocycles. The third-order valence-corrected chi connectivity index (χ3v) is 6.97. The second-order valence-corrected chi connectivity index (χ2v) is 9.09. The maximum atomic E-state index is 13.3. The minimum atomic E-state index is -3.80. The highest BCUT2D eigenvalue weighted by atomic mass is 35.5. The average Bonchev–Trinajstić information content (AvgIpc) is 2.70. The zero-order valence-electron chi connectivity index (χ0n) is 15.7. The highest BCUT2D eigenvalue weighted by Gasteiger charge is 2.29. The maximum absolute atomic E-state index is 13.3. The van der Waals surface area contributed by atoms with E-state index in [1.807, 2.05) is 4.90 Å². The van der Waals surface area contributed by atoms with Crippen LogP contribution in [-0.4, -0.2) is 62.1 Å². The summed E-state index contributed by atoms with van der Waals surface area (Å²) in [7, 11) is -3.80. The Morgan fingerprint density at radius 1 is 1.07 bits per heavy atom. The number of benzene rings is 2. The van der Waals surface area contributed by atoms with Crippen molar-refractivity contribution in [1.82, 2.24) is 9.21 Å². The van der Waals surface area contributed by atoms with Crippen LogP contribution in [0.1, 0.15) is 11.7 Å². The second-order valence-electron chi connectivity index (χ2n) is 6.74. The molecular weight excluding hydrogens is 445 g/mol. The third-order valence-electron chi connectivity index (χ3n) is 4.78. The van der Waals surface area contributed by atoms with Gasteiger partial charge in [0.1, 0.15) is 11.6 Å². The van der Waals surface area contributed by atoms with Gasteiger partial charge in [0.05, 0.1) is 16.0 Å². The summed E-state index contributed by atoms with van der Waals surface area (Å²) >= 11 is 5.69. The molecule has 11 heteroatoms. The fourth-order valence-electron chi connectivity index (χ4n) is 3.16. The number of alkyl halides is 2. The molecule has 3 rings (SSSR count). The number of halogens is 4. The molecular formula is C19H20ClF3N2O4S. The summed E-state index contributed by atoms with van der Waals surface area (Å²) in [6, 6.07) is 8.98. The molecule has 2 aromatic rings. The normalized spacial score (nSPS) is 17.3. The third kappa shape index (κ3) is 5.44. The molecule has 0 bridgehead atoms. The predicted octanol–water partition coefficient (Wildman–Crippen LogP) is 3.12. The molecule has 1 aliphatic heterocycles. The Morgan fingerprint density at radius 3 is 2.27 bits per heavy atom. The Morgan fingerprint density at radius 2 is 1.70 bits per heavy atom. The second kappa shape index (κ2) is 9.52. The van der Waals surface area contributed by atoms with Crippen molar-refractivity contribution in [3.05, 3.63) is 58.9 Å². The summed E-state index contributed by atoms with van der Waals surface area (Å²) in [6.45, 7) is -1.49. The van der Waals surface area contributed by atoms with Gasteiger partial charge in [-0.2, -0.15) is 13.1 Å². The lowest BCUT2D eigenvalue weighted by Gasteiger charge is -2.35. The van der Waals surface area contributed by atoms with Crippen molar-refractivity contribution in [3.63, 3.8) is 0 Å². The number of piperazine rings is 1. The SMILES string of the molecule is O=S(=O)(c1ccc(F)c(Cl)c1)N1CCN(CC(O)c2ccc(OC(F)F)cc2)CC1. The topological polar surface area (TPSA) is 70.1 Å². The number of rotatable bonds is 7. The van der Waals surface area contributed by atoms with Crippen LogP contribution in [0.2, 0.25) is 5.02 Å². The van der Waals surface area contributed by atoms with E-state index in [2.05, 4.69) is 4.74 Å². The Labute approximate surface area is 177 Å². The smallest absolute Gasteiger partial charge is 0.387 e. The van der Waals surface area contributed by atoms with Crippen LogP contribution >= 0.6 is 11.6 Å². The zero-order valence-corrected chi connectivity index (χ0v) is 17.3. The van der Waals surface area contributed by atoms with Crippen LogP contribution < -0.4 is 4.74 Å². The number of aliphatic hydroxyl groups excluding tert-OH is 1. The van der Waals surface area contributed by atoms with Crippen LogP contribution in [0.25, 0.3) is 0 Å². The van der Waals surface area contributed by atoms with Crippen LogP contribution in [0.5, 0.6) is 5.75 Å². The van der Waals surface area contributed by atoms with Crippen molar-refractivity contribution < 1.29 is 31.4 Å². The van der Waals surface area contributed by atoms with E-state index in [0.717, 1.165) is 12.1 Å². The first-order valence-electron chi connectivity index (χ1n) is 9.07. The van der Waals surface area contributed by atoms with Crippen molar-refractivity contribution in [1.29, 1.82) is 0 Å². The minimum absolute atomic E-state index is 0.000618. The molecule has 0 aromatic heterocycles. The first kappa shape index (κ1) is 22.8. The van der Waals surface area contributed by atoms with Gasteiger partial charge in [0.15, 0.2) is 0 Å². The molecule has 1 aliphatic rings. The van der Waals surface area contributed by atoms with Crippen molar-refractivity contribution in [3.8, 4) is 5.75 Å². The van der Waals surface area contributed by atoms with Crippen molar-refractivity contribution in [2.24, 2.45) is 0 Å². The Balaban J connectivity index is 1.56. The van der Waals surface area contributed by atoms with E-state index < -0.39 is 28.6 Å². The van der Waals surface area contributed by atoms with E-state index in [0.29, 0.717) is 18.7 Å². The van der Waals surface area contributed by atoms with Gasteiger partial charge in [0, 0.05) is 32.7 Å². The lowest BCUT2D eigenvalue weighted by atomic mass is 10.1. The van der Waals surface area contributed by atoms with E-state index in [1.165, 1.54) is 34.6 Å². The van der Waals surface area contributed by atoms with Gasteiger partial charge in [-0.05, 0) is 35.9 Å². The lowest BCUT2D eigenvalue weighted by molar-refractivity contribution is -0.0498. The van der Waals surface area contributed by atoms with E-state index in [1.54, 1.807) is 0 Å². The Bertz CT molecular complexity index is 968. The minimum Gasteiger partial charge on any atom is -0.435 e. The molecule has 1 fully saturated rings. The van der Waals surface area contributed by atoms with Gasteiger partial charge in [-0.3, -0.25) is 4.90 Å². The van der Waals surface area contributed by atoms with Crippen molar-refractivity contribution >= 4 is 21.6 Å². The van der Waals surface area contributed by atoms with Crippen molar-refractivity contribution in [2.75, 3.05) is 32.7 Å². The van der Waals surface area contributed by atoms with E-state index in [4.69, 9.17) is 11.6 Å². The number of aliphatic hydroxyl groups is 1. The lowest BCUT2D eigenvalue weighted by Crippen LogP contribution is -2.49. The zero-order chi connectivity index (χ0) is 21.9. The molecule has 1 unspecified atom stereocenters. The molecule has 1 atom stereocenters. The Hall–Kier alpha value is -1.85. The Kier molecular flexibility index (Phi) is 7.25. The molecule has 1 heterocycles. The molecule has 1 saturated heterocycles. The molecule has 0 amide bonds. The van der Waals surface area contributed by atoms with Crippen LogP contribution in [0, 0.1) is 5.82 Å². The molecule has 0 saturated carbocycles. The van der Waals surface area contributed by atoms with E-state index in [-0.39, 0.29) is 35.3 Å². The maximum Gasteiger partial charge on any atom is 0.387 e. The van der Waals surface area contributed by atoms with Gasteiger partial charge in [-0.1, -0.05) is 23.7 Å². The summed E-state index contributed by atoms with van der Waals surface area (Å²) < 4.78 is 68.7. The number of sulfonamides is 1. The molecule has 1 N–H and O–H groups in total. The molecule has 6 nitrogen and oxygen atoms in total. The number of hydrogen-bond acceptors (Lipinski definition) is 5. The van der Waals surface area contributed by atoms with Gasteiger partial charge in [0.2, 0.25) is 10.0 Å². The molecule has 0 radical (unpaired) electrons. The van der Waals surface area contributed by atoms with Crippen LogP contribution in [0.3, 0.4) is 0 Å². The van der Waals surface area contributed by atoms with E-state index >= 15 is 0 Å². The van der Waals surface area contributed by atoms with Crippen molar-refractivity contribution in [2.45, 2.75) is 17.6 Å². The van der Waals surface area contributed by atoms with Crippen LogP contribution in [0.15, 0.2) is 47.4 Å². The summed E-state index contributed by atoms with van der Waals surface area (Å²) in [5.41, 5.74) is 0.535. The number of nitrogens with zero attached hydrogens (tertiary/aromatic N) is 2. The molecule has 30 heavy (non-hydrogen) atoms. The van der Waals surface area contributed by atoms with Crippen LogP contribution in [-0.2, 0) is 10.0 Å².